The van der Waals surface area contributed by atoms with Crippen molar-refractivity contribution in [3.05, 3.63) is 75.6 Å². The lowest BCUT2D eigenvalue weighted by Gasteiger charge is -2.07. The molecule has 0 aliphatic heterocycles. The fraction of sp³-hybridized carbons (Fsp3) is 0.167. The SMILES string of the molecule is Cc1ccc(-n2[nH]c(-c3ccccc3)c(C)c2=O)c(C)c1. The lowest BCUT2D eigenvalue weighted by molar-refractivity contribution is 0.843. The molecule has 0 aliphatic carbocycles. The van der Waals surface area contributed by atoms with Gasteiger partial charge in [-0.15, -0.1) is 0 Å². The van der Waals surface area contributed by atoms with Gasteiger partial charge in [0.25, 0.3) is 5.56 Å². The highest BCUT2D eigenvalue weighted by Gasteiger charge is 2.13. The van der Waals surface area contributed by atoms with Crippen molar-refractivity contribution < 1.29 is 0 Å². The van der Waals surface area contributed by atoms with Crippen LogP contribution in [0.5, 0.6) is 0 Å². The normalized spacial score (nSPS) is 10.8. The van der Waals surface area contributed by atoms with Crippen molar-refractivity contribution >= 4 is 0 Å². The summed E-state index contributed by atoms with van der Waals surface area (Å²) < 4.78 is 1.63. The number of rotatable bonds is 2. The van der Waals surface area contributed by atoms with E-state index in [0.717, 1.165) is 28.1 Å². The van der Waals surface area contributed by atoms with Gasteiger partial charge in [0.05, 0.1) is 11.4 Å². The highest BCUT2D eigenvalue weighted by Crippen LogP contribution is 2.21. The fourth-order valence-corrected chi connectivity index (χ4v) is 2.63. The van der Waals surface area contributed by atoms with Crippen molar-refractivity contribution in [1.82, 2.24) is 9.78 Å². The Labute approximate surface area is 123 Å². The van der Waals surface area contributed by atoms with Crippen molar-refractivity contribution in [3.8, 4) is 16.9 Å². The maximum Gasteiger partial charge on any atom is 0.274 e. The summed E-state index contributed by atoms with van der Waals surface area (Å²) in [6.45, 7) is 5.93. The highest BCUT2D eigenvalue weighted by molar-refractivity contribution is 5.62. The van der Waals surface area contributed by atoms with Gasteiger partial charge < -0.3 is 0 Å². The van der Waals surface area contributed by atoms with Crippen molar-refractivity contribution in [2.24, 2.45) is 0 Å². The molecule has 0 radical (unpaired) electrons. The molecule has 0 aliphatic rings. The molecule has 0 saturated carbocycles. The topological polar surface area (TPSA) is 37.8 Å². The average molecular weight is 278 g/mol. The Kier molecular flexibility index (Phi) is 3.26. The zero-order valence-electron chi connectivity index (χ0n) is 12.5. The first-order valence-corrected chi connectivity index (χ1v) is 7.02. The van der Waals surface area contributed by atoms with E-state index in [9.17, 15) is 4.79 Å². The van der Waals surface area contributed by atoms with Crippen LogP contribution in [0.1, 0.15) is 16.7 Å². The zero-order chi connectivity index (χ0) is 15.0. The van der Waals surface area contributed by atoms with Gasteiger partial charge in [-0.05, 0) is 38.0 Å². The predicted molar refractivity (Wildman–Crippen MR) is 86.0 cm³/mol. The summed E-state index contributed by atoms with van der Waals surface area (Å²) in [4.78, 5) is 12.5. The summed E-state index contributed by atoms with van der Waals surface area (Å²) in [6, 6.07) is 16.0. The Hall–Kier alpha value is -2.55. The minimum absolute atomic E-state index is 0.000746. The van der Waals surface area contributed by atoms with Gasteiger partial charge in [0.1, 0.15) is 0 Å². The molecule has 0 saturated heterocycles. The molecule has 106 valence electrons. The summed E-state index contributed by atoms with van der Waals surface area (Å²) in [6.07, 6.45) is 0. The maximum absolute atomic E-state index is 12.5. The molecule has 3 heteroatoms. The summed E-state index contributed by atoms with van der Waals surface area (Å²) in [5.41, 5.74) is 5.81. The molecular formula is C18H18N2O. The molecule has 21 heavy (non-hydrogen) atoms. The van der Waals surface area contributed by atoms with Gasteiger partial charge in [-0.3, -0.25) is 9.89 Å². The molecule has 0 spiro atoms. The first kappa shape index (κ1) is 13.4. The Morgan fingerprint density at radius 1 is 0.952 bits per heavy atom. The van der Waals surface area contributed by atoms with E-state index in [-0.39, 0.29) is 5.56 Å². The van der Waals surface area contributed by atoms with Gasteiger partial charge in [0, 0.05) is 5.56 Å². The van der Waals surface area contributed by atoms with Crippen molar-refractivity contribution in [1.29, 1.82) is 0 Å². The molecule has 0 atom stereocenters. The molecule has 1 heterocycles. The minimum Gasteiger partial charge on any atom is -0.290 e. The molecule has 0 amide bonds. The number of hydrogen-bond donors (Lipinski definition) is 1. The number of aromatic nitrogens is 2. The van der Waals surface area contributed by atoms with Crippen LogP contribution in [-0.2, 0) is 0 Å². The third kappa shape index (κ3) is 2.31. The fourth-order valence-electron chi connectivity index (χ4n) is 2.63. The summed E-state index contributed by atoms with van der Waals surface area (Å²) in [5, 5.41) is 3.25. The van der Waals surface area contributed by atoms with Gasteiger partial charge >= 0.3 is 0 Å². The predicted octanol–water partition coefficient (Wildman–Crippen LogP) is 3.76. The average Bonchev–Trinajstić information content (AvgIpc) is 2.77. The van der Waals surface area contributed by atoms with Gasteiger partial charge in [-0.2, -0.15) is 0 Å². The number of nitrogens with one attached hydrogen (secondary N) is 1. The smallest absolute Gasteiger partial charge is 0.274 e. The summed E-state index contributed by atoms with van der Waals surface area (Å²) in [7, 11) is 0. The van der Waals surface area contributed by atoms with Crippen LogP contribution in [0.3, 0.4) is 0 Å². The Morgan fingerprint density at radius 3 is 2.33 bits per heavy atom. The van der Waals surface area contributed by atoms with E-state index < -0.39 is 0 Å². The Bertz CT molecular complexity index is 841. The second kappa shape index (κ2) is 5.09. The lowest BCUT2D eigenvalue weighted by Crippen LogP contribution is -2.16. The van der Waals surface area contributed by atoms with Crippen LogP contribution >= 0.6 is 0 Å². The van der Waals surface area contributed by atoms with E-state index in [1.54, 1.807) is 4.68 Å². The lowest BCUT2D eigenvalue weighted by atomic mass is 10.1. The molecular weight excluding hydrogens is 260 g/mol. The van der Waals surface area contributed by atoms with Crippen molar-refractivity contribution in [2.75, 3.05) is 0 Å². The summed E-state index contributed by atoms with van der Waals surface area (Å²) in [5.74, 6) is 0. The number of aryl methyl sites for hydroxylation is 2. The molecule has 3 nitrogen and oxygen atoms in total. The number of hydrogen-bond acceptors (Lipinski definition) is 1. The van der Waals surface area contributed by atoms with E-state index in [0.29, 0.717) is 0 Å². The standard InChI is InChI=1S/C18H18N2O/c1-12-9-10-16(13(2)11-12)20-18(21)14(3)17(19-20)15-7-5-4-6-8-15/h4-11,19H,1-3H3. The Morgan fingerprint density at radius 2 is 1.67 bits per heavy atom. The molecule has 0 unspecified atom stereocenters. The van der Waals surface area contributed by atoms with Gasteiger partial charge in [0.2, 0.25) is 0 Å². The van der Waals surface area contributed by atoms with Crippen LogP contribution in [0.4, 0.5) is 0 Å². The van der Waals surface area contributed by atoms with Gasteiger partial charge in [0.15, 0.2) is 0 Å². The van der Waals surface area contributed by atoms with E-state index in [2.05, 4.69) is 18.1 Å². The Balaban J connectivity index is 2.20. The van der Waals surface area contributed by atoms with Crippen LogP contribution in [-0.4, -0.2) is 9.78 Å². The largest absolute Gasteiger partial charge is 0.290 e. The van der Waals surface area contributed by atoms with Crippen LogP contribution in [0.25, 0.3) is 16.9 Å². The number of nitrogens with zero attached hydrogens (tertiary/aromatic N) is 1. The van der Waals surface area contributed by atoms with Crippen molar-refractivity contribution in [2.45, 2.75) is 20.8 Å². The molecule has 0 bridgehead atoms. The summed E-state index contributed by atoms with van der Waals surface area (Å²) >= 11 is 0. The minimum atomic E-state index is 0.000746. The van der Waals surface area contributed by atoms with E-state index in [1.165, 1.54) is 5.56 Å². The van der Waals surface area contributed by atoms with Gasteiger partial charge in [-0.1, -0.05) is 48.0 Å². The second-order valence-electron chi connectivity index (χ2n) is 5.41. The molecule has 0 fully saturated rings. The quantitative estimate of drug-likeness (QED) is 0.761. The third-order valence-electron chi connectivity index (χ3n) is 3.78. The molecule has 1 aromatic heterocycles. The van der Waals surface area contributed by atoms with Crippen LogP contribution in [0.15, 0.2) is 53.3 Å². The maximum atomic E-state index is 12.5. The first-order chi connectivity index (χ1) is 10.1. The molecule has 1 N–H and O–H groups in total. The molecule has 3 aromatic rings. The zero-order valence-corrected chi connectivity index (χ0v) is 12.5. The van der Waals surface area contributed by atoms with Gasteiger partial charge in [-0.25, -0.2) is 4.68 Å². The molecule has 3 rings (SSSR count). The first-order valence-electron chi connectivity index (χ1n) is 7.02. The number of benzene rings is 2. The van der Waals surface area contributed by atoms with Crippen molar-refractivity contribution in [3.63, 3.8) is 0 Å². The van der Waals surface area contributed by atoms with Crippen LogP contribution < -0.4 is 5.56 Å². The second-order valence-corrected chi connectivity index (χ2v) is 5.41. The van der Waals surface area contributed by atoms with Crippen LogP contribution in [0, 0.1) is 20.8 Å². The van der Waals surface area contributed by atoms with E-state index >= 15 is 0 Å². The third-order valence-corrected chi connectivity index (χ3v) is 3.78. The number of aromatic amines is 1. The van der Waals surface area contributed by atoms with E-state index in [4.69, 9.17) is 0 Å². The van der Waals surface area contributed by atoms with Crippen LogP contribution in [0.2, 0.25) is 0 Å². The molecule has 2 aromatic carbocycles. The highest BCUT2D eigenvalue weighted by atomic mass is 16.1. The number of H-pyrrole nitrogens is 1. The van der Waals surface area contributed by atoms with E-state index in [1.807, 2.05) is 56.3 Å². The monoisotopic (exact) mass is 278 g/mol.